The Kier molecular flexibility index (Phi) is 6.71. The summed E-state index contributed by atoms with van der Waals surface area (Å²) in [5, 5.41) is 13.2. The van der Waals surface area contributed by atoms with Crippen LogP contribution in [0.1, 0.15) is 67.1 Å². The molecule has 150 valence electrons. The Bertz CT molecular complexity index is 656. The number of aliphatic hydroxyl groups is 1. The Labute approximate surface area is 162 Å². The number of carbonyl (C=O) groups excluding carboxylic acids is 1. The van der Waals surface area contributed by atoms with Crippen LogP contribution >= 0.6 is 0 Å². The molecule has 1 saturated heterocycles. The number of nitrogens with zero attached hydrogens (tertiary/aromatic N) is 2. The molecular weight excluding hydrogens is 342 g/mol. The van der Waals surface area contributed by atoms with Crippen LogP contribution in [0.25, 0.3) is 0 Å². The minimum atomic E-state index is -0.300. The lowest BCUT2D eigenvalue weighted by atomic mass is 9.86. The molecule has 27 heavy (non-hydrogen) atoms. The summed E-state index contributed by atoms with van der Waals surface area (Å²) in [6.07, 6.45) is 3.73. The molecule has 1 aliphatic heterocycles. The topological polar surface area (TPSA) is 74.7 Å². The standard InChI is InChI=1S/C21H33N3O3/c1-14(2)20-19(21(26)22-13-16-6-4-5-7-17(16)25)15(3)12-18(23-20)24-8-10-27-11-9-24/h12,14,16-17,25H,4-11,13H2,1-3H3,(H,22,26). The maximum Gasteiger partial charge on any atom is 0.253 e. The first kappa shape index (κ1) is 20.1. The van der Waals surface area contributed by atoms with Crippen molar-refractivity contribution < 1.29 is 14.6 Å². The van der Waals surface area contributed by atoms with Gasteiger partial charge in [0.2, 0.25) is 0 Å². The van der Waals surface area contributed by atoms with Crippen molar-refractivity contribution in [3.63, 3.8) is 0 Å². The molecule has 0 aromatic carbocycles. The van der Waals surface area contributed by atoms with Crippen LogP contribution in [0, 0.1) is 12.8 Å². The Morgan fingerprint density at radius 2 is 2.04 bits per heavy atom. The zero-order chi connectivity index (χ0) is 19.4. The number of aromatic nitrogens is 1. The van der Waals surface area contributed by atoms with Crippen LogP contribution in [0.3, 0.4) is 0 Å². The predicted octanol–water partition coefficient (Wildman–Crippen LogP) is 2.63. The lowest BCUT2D eigenvalue weighted by molar-refractivity contribution is 0.0662. The lowest BCUT2D eigenvalue weighted by Crippen LogP contribution is -2.38. The first-order valence-electron chi connectivity index (χ1n) is 10.3. The highest BCUT2D eigenvalue weighted by molar-refractivity contribution is 5.97. The van der Waals surface area contributed by atoms with Crippen LogP contribution in [0.5, 0.6) is 0 Å². The predicted molar refractivity (Wildman–Crippen MR) is 106 cm³/mol. The van der Waals surface area contributed by atoms with Gasteiger partial charge in [-0.2, -0.15) is 0 Å². The number of hydrogen-bond donors (Lipinski definition) is 2. The van der Waals surface area contributed by atoms with E-state index in [-0.39, 0.29) is 23.8 Å². The molecule has 0 radical (unpaired) electrons. The van der Waals surface area contributed by atoms with E-state index >= 15 is 0 Å². The number of nitrogens with one attached hydrogen (secondary N) is 1. The molecule has 1 aromatic heterocycles. The Balaban J connectivity index is 1.77. The lowest BCUT2D eigenvalue weighted by Gasteiger charge is -2.30. The smallest absolute Gasteiger partial charge is 0.253 e. The average Bonchev–Trinajstić information content (AvgIpc) is 2.67. The molecule has 2 atom stereocenters. The number of morpholine rings is 1. The summed E-state index contributed by atoms with van der Waals surface area (Å²) in [4.78, 5) is 20.0. The molecule has 2 heterocycles. The van der Waals surface area contributed by atoms with E-state index in [2.05, 4.69) is 24.1 Å². The molecule has 1 aromatic rings. The molecule has 2 fully saturated rings. The van der Waals surface area contributed by atoms with E-state index in [9.17, 15) is 9.90 Å². The van der Waals surface area contributed by atoms with Gasteiger partial charge < -0.3 is 20.1 Å². The van der Waals surface area contributed by atoms with Gasteiger partial charge in [-0.25, -0.2) is 4.98 Å². The number of anilines is 1. The molecule has 1 saturated carbocycles. The molecule has 2 N–H and O–H groups in total. The number of hydrogen-bond acceptors (Lipinski definition) is 5. The highest BCUT2D eigenvalue weighted by Crippen LogP contribution is 2.27. The van der Waals surface area contributed by atoms with Crippen molar-refractivity contribution in [1.29, 1.82) is 0 Å². The van der Waals surface area contributed by atoms with Crippen molar-refractivity contribution in [2.24, 2.45) is 5.92 Å². The van der Waals surface area contributed by atoms with E-state index in [0.29, 0.717) is 25.3 Å². The third-order valence-corrected chi connectivity index (χ3v) is 5.73. The molecule has 2 aliphatic rings. The summed E-state index contributed by atoms with van der Waals surface area (Å²) in [5.41, 5.74) is 2.49. The van der Waals surface area contributed by atoms with E-state index in [0.717, 1.165) is 55.8 Å². The Morgan fingerprint density at radius 1 is 1.33 bits per heavy atom. The fraction of sp³-hybridized carbons (Fsp3) is 0.714. The van der Waals surface area contributed by atoms with Gasteiger partial charge in [0.25, 0.3) is 5.91 Å². The number of amides is 1. The van der Waals surface area contributed by atoms with Gasteiger partial charge in [-0.1, -0.05) is 26.7 Å². The van der Waals surface area contributed by atoms with Crippen LogP contribution in [0.4, 0.5) is 5.82 Å². The Hall–Kier alpha value is -1.66. The number of rotatable bonds is 5. The molecule has 1 aliphatic carbocycles. The fourth-order valence-corrected chi connectivity index (χ4v) is 4.09. The van der Waals surface area contributed by atoms with Gasteiger partial charge in [-0.15, -0.1) is 0 Å². The summed E-state index contributed by atoms with van der Waals surface area (Å²) in [6, 6.07) is 2.02. The van der Waals surface area contributed by atoms with E-state index in [4.69, 9.17) is 9.72 Å². The van der Waals surface area contributed by atoms with Gasteiger partial charge in [0, 0.05) is 25.6 Å². The van der Waals surface area contributed by atoms with Gasteiger partial charge in [-0.3, -0.25) is 4.79 Å². The number of pyridine rings is 1. The van der Waals surface area contributed by atoms with Crippen molar-refractivity contribution in [1.82, 2.24) is 10.3 Å². The van der Waals surface area contributed by atoms with Crippen molar-refractivity contribution in [2.75, 3.05) is 37.7 Å². The summed E-state index contributed by atoms with van der Waals surface area (Å²) >= 11 is 0. The molecule has 3 rings (SSSR count). The van der Waals surface area contributed by atoms with Crippen LogP contribution < -0.4 is 10.2 Å². The summed E-state index contributed by atoms with van der Waals surface area (Å²) in [7, 11) is 0. The van der Waals surface area contributed by atoms with Gasteiger partial charge in [0.05, 0.1) is 30.6 Å². The van der Waals surface area contributed by atoms with Crippen LogP contribution in [-0.4, -0.2) is 54.9 Å². The van der Waals surface area contributed by atoms with Crippen LogP contribution in [-0.2, 0) is 4.74 Å². The minimum absolute atomic E-state index is 0.0741. The highest BCUT2D eigenvalue weighted by Gasteiger charge is 2.26. The third kappa shape index (κ3) is 4.79. The van der Waals surface area contributed by atoms with E-state index < -0.39 is 0 Å². The van der Waals surface area contributed by atoms with Gasteiger partial charge in [-0.05, 0) is 37.3 Å². The number of aliphatic hydroxyl groups excluding tert-OH is 1. The molecule has 0 bridgehead atoms. The van der Waals surface area contributed by atoms with Gasteiger partial charge in [0.15, 0.2) is 0 Å². The van der Waals surface area contributed by atoms with Gasteiger partial charge >= 0.3 is 0 Å². The zero-order valence-electron chi connectivity index (χ0n) is 16.8. The number of ether oxygens (including phenoxy) is 1. The second-order valence-electron chi connectivity index (χ2n) is 8.13. The normalized spacial score (nSPS) is 23.5. The highest BCUT2D eigenvalue weighted by atomic mass is 16.5. The van der Waals surface area contributed by atoms with E-state index in [1.807, 2.05) is 13.0 Å². The van der Waals surface area contributed by atoms with Crippen molar-refractivity contribution in [3.05, 3.63) is 22.9 Å². The van der Waals surface area contributed by atoms with Gasteiger partial charge in [0.1, 0.15) is 5.82 Å². The van der Waals surface area contributed by atoms with Crippen molar-refractivity contribution >= 4 is 11.7 Å². The van der Waals surface area contributed by atoms with Crippen LogP contribution in [0.2, 0.25) is 0 Å². The maximum absolute atomic E-state index is 13.0. The van der Waals surface area contributed by atoms with Crippen LogP contribution in [0.15, 0.2) is 6.07 Å². The first-order valence-corrected chi connectivity index (χ1v) is 10.3. The summed E-state index contributed by atoms with van der Waals surface area (Å²) < 4.78 is 5.44. The molecule has 1 amide bonds. The molecule has 0 spiro atoms. The molecular formula is C21H33N3O3. The van der Waals surface area contributed by atoms with Crippen molar-refractivity contribution in [2.45, 2.75) is 58.5 Å². The molecule has 6 nitrogen and oxygen atoms in total. The molecule has 6 heteroatoms. The monoisotopic (exact) mass is 375 g/mol. The quantitative estimate of drug-likeness (QED) is 0.828. The number of carbonyl (C=O) groups is 1. The summed E-state index contributed by atoms with van der Waals surface area (Å²) in [5.74, 6) is 1.17. The second kappa shape index (κ2) is 9.02. The Morgan fingerprint density at radius 3 is 2.70 bits per heavy atom. The summed E-state index contributed by atoms with van der Waals surface area (Å²) in [6.45, 7) is 9.75. The second-order valence-corrected chi connectivity index (χ2v) is 8.13. The first-order chi connectivity index (χ1) is 13.0. The SMILES string of the molecule is Cc1cc(N2CCOCC2)nc(C(C)C)c1C(=O)NCC1CCCCC1O. The number of aryl methyl sites for hydroxylation is 1. The zero-order valence-corrected chi connectivity index (χ0v) is 16.8. The fourth-order valence-electron chi connectivity index (χ4n) is 4.09. The largest absolute Gasteiger partial charge is 0.393 e. The van der Waals surface area contributed by atoms with Crippen molar-refractivity contribution in [3.8, 4) is 0 Å². The minimum Gasteiger partial charge on any atom is -0.393 e. The third-order valence-electron chi connectivity index (χ3n) is 5.73. The van der Waals surface area contributed by atoms with E-state index in [1.165, 1.54) is 0 Å². The molecule has 2 unspecified atom stereocenters. The maximum atomic E-state index is 13.0. The van der Waals surface area contributed by atoms with E-state index in [1.54, 1.807) is 0 Å². The average molecular weight is 376 g/mol.